The molecule has 1 aliphatic heterocycles. The lowest BCUT2D eigenvalue weighted by Crippen LogP contribution is -2.44. The van der Waals surface area contributed by atoms with Gasteiger partial charge in [0, 0.05) is 5.56 Å². The Hall–Kier alpha value is -1.95. The molecular formula is C12H15FN4O. The second kappa shape index (κ2) is 4.73. The monoisotopic (exact) mass is 250 g/mol. The Kier molecular flexibility index (Phi) is 3.29. The van der Waals surface area contributed by atoms with E-state index in [9.17, 15) is 4.39 Å². The van der Waals surface area contributed by atoms with Gasteiger partial charge in [0.1, 0.15) is 11.6 Å². The molecule has 0 aliphatic carbocycles. The first-order valence-electron chi connectivity index (χ1n) is 5.62. The quantitative estimate of drug-likeness (QED) is 0.836. The third kappa shape index (κ3) is 2.19. The first kappa shape index (κ1) is 12.5. The third-order valence-electron chi connectivity index (χ3n) is 2.63. The molecule has 2 atom stereocenters. The number of nitrogens with two attached hydrogens (primary N) is 2. The van der Waals surface area contributed by atoms with Crippen LogP contribution in [-0.2, 0) is 5.67 Å². The summed E-state index contributed by atoms with van der Waals surface area (Å²) in [4.78, 5) is 7.49. The molecule has 2 rings (SSSR count). The predicted octanol–water partition coefficient (Wildman–Crippen LogP) is 0.934. The van der Waals surface area contributed by atoms with Gasteiger partial charge in [-0.15, -0.1) is 0 Å². The summed E-state index contributed by atoms with van der Waals surface area (Å²) in [6.07, 6.45) is 0.270. The van der Waals surface area contributed by atoms with Crippen LogP contribution >= 0.6 is 0 Å². The van der Waals surface area contributed by atoms with Crippen molar-refractivity contribution in [2.75, 3.05) is 6.61 Å². The first-order chi connectivity index (χ1) is 8.56. The zero-order chi connectivity index (χ0) is 13.2. The fraction of sp³-hybridized carbons (Fsp3) is 0.333. The van der Waals surface area contributed by atoms with Gasteiger partial charge in [0.2, 0.25) is 5.67 Å². The highest BCUT2D eigenvalue weighted by molar-refractivity contribution is 6.06. The van der Waals surface area contributed by atoms with E-state index in [1.807, 2.05) is 6.92 Å². The summed E-state index contributed by atoms with van der Waals surface area (Å²) in [5.74, 6) is 0.485. The fourth-order valence-electron chi connectivity index (χ4n) is 1.70. The van der Waals surface area contributed by atoms with Crippen molar-refractivity contribution in [3.8, 4) is 5.75 Å². The van der Waals surface area contributed by atoms with E-state index < -0.39 is 12.0 Å². The maximum Gasteiger partial charge on any atom is 0.226 e. The number of aliphatic imine (C=N–C) groups is 2. The van der Waals surface area contributed by atoms with Crippen molar-refractivity contribution < 1.29 is 9.13 Å². The molecule has 0 fully saturated rings. The van der Waals surface area contributed by atoms with Gasteiger partial charge in [-0.25, -0.2) is 9.38 Å². The fourth-order valence-corrected chi connectivity index (χ4v) is 1.70. The minimum atomic E-state index is -2.00. The Morgan fingerprint density at radius 2 is 2.06 bits per heavy atom. The van der Waals surface area contributed by atoms with E-state index in [2.05, 4.69) is 9.98 Å². The van der Waals surface area contributed by atoms with E-state index >= 15 is 0 Å². The van der Waals surface area contributed by atoms with Crippen molar-refractivity contribution in [2.45, 2.75) is 18.9 Å². The Balaban J connectivity index is 2.30. The van der Waals surface area contributed by atoms with E-state index in [0.717, 1.165) is 6.21 Å². The van der Waals surface area contributed by atoms with Crippen LogP contribution in [0.2, 0.25) is 0 Å². The molecule has 0 radical (unpaired) electrons. The van der Waals surface area contributed by atoms with E-state index in [4.69, 9.17) is 16.2 Å². The summed E-state index contributed by atoms with van der Waals surface area (Å²) in [5.41, 5.74) is 9.39. The lowest BCUT2D eigenvalue weighted by Gasteiger charge is -2.25. The molecule has 1 aromatic rings. The second-order valence-corrected chi connectivity index (χ2v) is 3.88. The molecule has 0 spiro atoms. The minimum absolute atomic E-state index is 0.186. The number of alkyl halides is 1. The third-order valence-corrected chi connectivity index (χ3v) is 2.63. The van der Waals surface area contributed by atoms with E-state index in [1.165, 1.54) is 0 Å². The molecule has 1 aliphatic rings. The maximum atomic E-state index is 14.7. The molecule has 5 nitrogen and oxygen atoms in total. The maximum absolute atomic E-state index is 14.7. The van der Waals surface area contributed by atoms with Crippen molar-refractivity contribution in [1.29, 1.82) is 0 Å². The van der Waals surface area contributed by atoms with Crippen LogP contribution < -0.4 is 16.2 Å². The highest BCUT2D eigenvalue weighted by atomic mass is 19.1. The molecular weight excluding hydrogens is 235 g/mol. The number of nitrogens with zero attached hydrogens (tertiary/aromatic N) is 2. The van der Waals surface area contributed by atoms with Gasteiger partial charge in [-0.05, 0) is 19.1 Å². The molecule has 6 heteroatoms. The van der Waals surface area contributed by atoms with Crippen molar-refractivity contribution >= 4 is 12.1 Å². The van der Waals surface area contributed by atoms with E-state index in [-0.39, 0.29) is 5.84 Å². The zero-order valence-electron chi connectivity index (χ0n) is 10.0. The Morgan fingerprint density at radius 3 is 2.61 bits per heavy atom. The molecule has 0 aromatic heterocycles. The Labute approximate surface area is 104 Å². The predicted molar refractivity (Wildman–Crippen MR) is 68.5 cm³/mol. The van der Waals surface area contributed by atoms with Gasteiger partial charge in [-0.2, -0.15) is 0 Å². The van der Waals surface area contributed by atoms with Gasteiger partial charge < -0.3 is 10.5 Å². The highest BCUT2D eigenvalue weighted by Gasteiger charge is 2.37. The zero-order valence-corrected chi connectivity index (χ0v) is 10.0. The molecule has 0 saturated carbocycles. The molecule has 0 bridgehead atoms. The van der Waals surface area contributed by atoms with Gasteiger partial charge in [0.15, 0.2) is 6.29 Å². The normalized spacial score (nSPS) is 26.8. The number of hydrogen-bond donors (Lipinski definition) is 2. The minimum Gasteiger partial charge on any atom is -0.494 e. The lowest BCUT2D eigenvalue weighted by atomic mass is 9.95. The van der Waals surface area contributed by atoms with Crippen LogP contribution in [0, 0.1) is 0 Å². The molecule has 18 heavy (non-hydrogen) atoms. The van der Waals surface area contributed by atoms with Crippen LogP contribution in [0.1, 0.15) is 12.5 Å². The summed E-state index contributed by atoms with van der Waals surface area (Å²) in [6.45, 7) is 2.43. The number of ether oxygens (including phenoxy) is 1. The van der Waals surface area contributed by atoms with E-state index in [1.54, 1.807) is 24.3 Å². The van der Waals surface area contributed by atoms with Crippen LogP contribution in [0.15, 0.2) is 34.3 Å². The largest absolute Gasteiger partial charge is 0.494 e. The summed E-state index contributed by atoms with van der Waals surface area (Å²) < 4.78 is 20.0. The van der Waals surface area contributed by atoms with Gasteiger partial charge in [0.25, 0.3) is 0 Å². The van der Waals surface area contributed by atoms with Crippen LogP contribution in [0.25, 0.3) is 0 Å². The molecule has 1 heterocycles. The topological polar surface area (TPSA) is 86.0 Å². The smallest absolute Gasteiger partial charge is 0.226 e. The van der Waals surface area contributed by atoms with Gasteiger partial charge in [0.05, 0.1) is 12.8 Å². The second-order valence-electron chi connectivity index (χ2n) is 3.88. The first-order valence-corrected chi connectivity index (χ1v) is 5.62. The average molecular weight is 250 g/mol. The van der Waals surface area contributed by atoms with Crippen LogP contribution in [-0.4, -0.2) is 24.9 Å². The number of halogens is 1. The SMILES string of the molecule is CCOc1ccc(C2(F)C=NC(N)N=C2N)cc1. The summed E-state index contributed by atoms with van der Waals surface area (Å²) in [6, 6.07) is 6.54. The van der Waals surface area contributed by atoms with E-state index in [0.29, 0.717) is 17.9 Å². The standard InChI is InChI=1S/C12H15FN4O/c1-2-18-9-5-3-8(4-6-9)12(13)7-16-11(15)17-10(12)14/h3-7,11H,2,15H2,1H3,(H2,14,17). The molecule has 0 saturated heterocycles. The van der Waals surface area contributed by atoms with Crippen molar-refractivity contribution in [2.24, 2.45) is 21.5 Å². The lowest BCUT2D eigenvalue weighted by molar-refractivity contribution is 0.337. The summed E-state index contributed by atoms with van der Waals surface area (Å²) >= 11 is 0. The highest BCUT2D eigenvalue weighted by Crippen LogP contribution is 2.28. The van der Waals surface area contributed by atoms with Crippen LogP contribution in [0.5, 0.6) is 5.75 Å². The average Bonchev–Trinajstić information content (AvgIpc) is 2.36. The van der Waals surface area contributed by atoms with Gasteiger partial charge in [-0.3, -0.25) is 10.7 Å². The number of rotatable bonds is 3. The Morgan fingerprint density at radius 1 is 1.39 bits per heavy atom. The van der Waals surface area contributed by atoms with Crippen LogP contribution in [0.4, 0.5) is 4.39 Å². The van der Waals surface area contributed by atoms with Gasteiger partial charge >= 0.3 is 0 Å². The van der Waals surface area contributed by atoms with Crippen molar-refractivity contribution in [3.05, 3.63) is 29.8 Å². The number of amidine groups is 1. The summed E-state index contributed by atoms with van der Waals surface area (Å²) in [7, 11) is 0. The van der Waals surface area contributed by atoms with Gasteiger partial charge in [-0.1, -0.05) is 12.1 Å². The molecule has 1 aromatic carbocycles. The van der Waals surface area contributed by atoms with Crippen molar-refractivity contribution in [1.82, 2.24) is 0 Å². The number of benzene rings is 1. The molecule has 2 unspecified atom stereocenters. The molecule has 0 amide bonds. The number of hydrogen-bond acceptors (Lipinski definition) is 5. The molecule has 96 valence electrons. The Bertz CT molecular complexity index is 485. The molecule has 4 N–H and O–H groups in total. The van der Waals surface area contributed by atoms with Crippen LogP contribution in [0.3, 0.4) is 0 Å². The van der Waals surface area contributed by atoms with Crippen molar-refractivity contribution in [3.63, 3.8) is 0 Å². The summed E-state index contributed by atoms with van der Waals surface area (Å²) in [5, 5.41) is 0.